The van der Waals surface area contributed by atoms with Crippen molar-refractivity contribution in [1.82, 2.24) is 9.97 Å². The fourth-order valence-electron chi connectivity index (χ4n) is 1.83. The molecule has 0 atom stereocenters. The summed E-state index contributed by atoms with van der Waals surface area (Å²) in [5.74, 6) is 1.34. The van der Waals surface area contributed by atoms with Gasteiger partial charge < -0.3 is 10.2 Å². The highest BCUT2D eigenvalue weighted by Crippen LogP contribution is 2.29. The summed E-state index contributed by atoms with van der Waals surface area (Å²) < 4.78 is 0. The molecule has 0 aliphatic heterocycles. The van der Waals surface area contributed by atoms with Crippen LogP contribution in [0.1, 0.15) is 32.9 Å². The van der Waals surface area contributed by atoms with E-state index in [-0.39, 0.29) is 5.69 Å². The number of hydrogen-bond acceptors (Lipinski definition) is 6. The lowest BCUT2D eigenvalue weighted by molar-refractivity contribution is -0.385. The SMILES string of the molecule is CCNc1nc(C)c([N+](=O)[O-])c(N(C)CCC(C)C)n1. The van der Waals surface area contributed by atoms with E-state index >= 15 is 0 Å². The summed E-state index contributed by atoms with van der Waals surface area (Å²) in [5.41, 5.74) is 0.366. The molecule has 0 saturated heterocycles. The second-order valence-corrected chi connectivity index (χ2v) is 5.20. The molecule has 1 heterocycles. The van der Waals surface area contributed by atoms with Crippen molar-refractivity contribution in [2.45, 2.75) is 34.1 Å². The quantitative estimate of drug-likeness (QED) is 0.611. The predicted molar refractivity (Wildman–Crippen MR) is 80.3 cm³/mol. The van der Waals surface area contributed by atoms with Gasteiger partial charge in [-0.2, -0.15) is 4.98 Å². The zero-order valence-corrected chi connectivity index (χ0v) is 12.8. The van der Waals surface area contributed by atoms with Crippen molar-refractivity contribution < 1.29 is 4.92 Å². The van der Waals surface area contributed by atoms with Crippen LogP contribution in [-0.2, 0) is 0 Å². The summed E-state index contributed by atoms with van der Waals surface area (Å²) >= 11 is 0. The van der Waals surface area contributed by atoms with E-state index in [9.17, 15) is 10.1 Å². The minimum absolute atomic E-state index is 0.0158. The number of rotatable bonds is 7. The molecule has 0 aromatic carbocycles. The largest absolute Gasteiger partial charge is 0.354 e. The van der Waals surface area contributed by atoms with Crippen LogP contribution in [0.15, 0.2) is 0 Å². The summed E-state index contributed by atoms with van der Waals surface area (Å²) in [6.45, 7) is 9.21. The third-order valence-electron chi connectivity index (χ3n) is 2.96. The smallest absolute Gasteiger partial charge is 0.332 e. The van der Waals surface area contributed by atoms with Crippen LogP contribution in [0.4, 0.5) is 17.5 Å². The van der Waals surface area contributed by atoms with Gasteiger partial charge in [-0.3, -0.25) is 10.1 Å². The van der Waals surface area contributed by atoms with Crippen molar-refractivity contribution in [3.05, 3.63) is 15.8 Å². The maximum Gasteiger partial charge on any atom is 0.332 e. The van der Waals surface area contributed by atoms with E-state index in [0.29, 0.717) is 29.9 Å². The van der Waals surface area contributed by atoms with E-state index in [1.165, 1.54) is 0 Å². The molecule has 7 heteroatoms. The third-order valence-corrected chi connectivity index (χ3v) is 2.96. The molecular weight excluding hydrogens is 258 g/mol. The molecule has 0 bridgehead atoms. The molecular formula is C13H23N5O2. The van der Waals surface area contributed by atoms with Crippen LogP contribution in [0.25, 0.3) is 0 Å². The van der Waals surface area contributed by atoms with E-state index in [0.717, 1.165) is 13.0 Å². The molecule has 0 aliphatic carbocycles. The van der Waals surface area contributed by atoms with Gasteiger partial charge in [-0.05, 0) is 26.2 Å². The molecule has 0 spiro atoms. The van der Waals surface area contributed by atoms with Gasteiger partial charge in [0.1, 0.15) is 5.69 Å². The summed E-state index contributed by atoms with van der Waals surface area (Å²) in [5, 5.41) is 14.2. The molecule has 0 saturated carbocycles. The van der Waals surface area contributed by atoms with E-state index in [4.69, 9.17) is 0 Å². The van der Waals surface area contributed by atoms with Crippen molar-refractivity contribution in [2.75, 3.05) is 30.4 Å². The van der Waals surface area contributed by atoms with E-state index in [1.807, 2.05) is 18.9 Å². The lowest BCUT2D eigenvalue weighted by Gasteiger charge is -2.20. The Morgan fingerprint density at radius 1 is 1.40 bits per heavy atom. The summed E-state index contributed by atoms with van der Waals surface area (Å²) in [4.78, 5) is 21.1. The van der Waals surface area contributed by atoms with Crippen molar-refractivity contribution >= 4 is 17.5 Å². The first-order valence-electron chi connectivity index (χ1n) is 6.84. The summed E-state index contributed by atoms with van der Waals surface area (Å²) in [6.07, 6.45) is 0.952. The van der Waals surface area contributed by atoms with Gasteiger partial charge in [0.25, 0.3) is 0 Å². The molecule has 112 valence electrons. The molecule has 1 aromatic heterocycles. The molecule has 0 amide bonds. The monoisotopic (exact) mass is 281 g/mol. The molecule has 20 heavy (non-hydrogen) atoms. The zero-order chi connectivity index (χ0) is 15.3. The van der Waals surface area contributed by atoms with Gasteiger partial charge in [-0.1, -0.05) is 13.8 Å². The second-order valence-electron chi connectivity index (χ2n) is 5.20. The number of nitrogens with zero attached hydrogens (tertiary/aromatic N) is 4. The van der Waals surface area contributed by atoms with Crippen LogP contribution < -0.4 is 10.2 Å². The predicted octanol–water partition coefficient (Wildman–Crippen LogP) is 2.61. The molecule has 1 N–H and O–H groups in total. The molecule has 1 aromatic rings. The highest BCUT2D eigenvalue weighted by molar-refractivity contribution is 5.62. The standard InChI is InChI=1S/C13H23N5O2/c1-6-14-13-15-10(4)11(18(19)20)12(16-13)17(5)8-7-9(2)3/h9H,6-8H2,1-5H3,(H,14,15,16). The van der Waals surface area contributed by atoms with Crippen molar-refractivity contribution in [1.29, 1.82) is 0 Å². The van der Waals surface area contributed by atoms with Gasteiger partial charge in [0.2, 0.25) is 11.8 Å². The van der Waals surface area contributed by atoms with E-state index in [1.54, 1.807) is 6.92 Å². The molecule has 0 unspecified atom stereocenters. The topological polar surface area (TPSA) is 84.2 Å². The van der Waals surface area contributed by atoms with Crippen LogP contribution in [0.5, 0.6) is 0 Å². The highest BCUT2D eigenvalue weighted by atomic mass is 16.6. The normalized spacial score (nSPS) is 10.7. The number of aromatic nitrogens is 2. The van der Waals surface area contributed by atoms with Gasteiger partial charge in [0, 0.05) is 20.1 Å². The molecule has 0 fully saturated rings. The third kappa shape index (κ3) is 4.04. The van der Waals surface area contributed by atoms with Crippen molar-refractivity contribution in [2.24, 2.45) is 5.92 Å². The first-order chi connectivity index (χ1) is 9.36. The van der Waals surface area contributed by atoms with E-state index in [2.05, 4.69) is 29.1 Å². The fourth-order valence-corrected chi connectivity index (χ4v) is 1.83. The second kappa shape index (κ2) is 7.02. The number of nitro groups is 1. The van der Waals surface area contributed by atoms with Crippen molar-refractivity contribution in [3.8, 4) is 0 Å². The lowest BCUT2D eigenvalue weighted by atomic mass is 10.1. The fraction of sp³-hybridized carbons (Fsp3) is 0.692. The Kier molecular flexibility index (Phi) is 5.66. The summed E-state index contributed by atoms with van der Waals surface area (Å²) in [7, 11) is 1.83. The van der Waals surface area contributed by atoms with Crippen LogP contribution >= 0.6 is 0 Å². The Labute approximate surface area is 119 Å². The van der Waals surface area contributed by atoms with Gasteiger partial charge in [-0.15, -0.1) is 0 Å². The minimum atomic E-state index is -0.410. The number of anilines is 2. The average molecular weight is 281 g/mol. The Balaban J connectivity index is 3.15. The Morgan fingerprint density at radius 2 is 2.05 bits per heavy atom. The maximum absolute atomic E-state index is 11.2. The Bertz CT molecular complexity index is 476. The average Bonchev–Trinajstić information content (AvgIpc) is 2.34. The van der Waals surface area contributed by atoms with Crippen LogP contribution in [0.2, 0.25) is 0 Å². The minimum Gasteiger partial charge on any atom is -0.354 e. The molecule has 7 nitrogen and oxygen atoms in total. The van der Waals surface area contributed by atoms with E-state index < -0.39 is 4.92 Å². The van der Waals surface area contributed by atoms with Gasteiger partial charge in [-0.25, -0.2) is 4.98 Å². The molecule has 1 rings (SSSR count). The first kappa shape index (κ1) is 16.1. The van der Waals surface area contributed by atoms with Crippen LogP contribution in [-0.4, -0.2) is 35.0 Å². The first-order valence-corrected chi connectivity index (χ1v) is 6.84. The van der Waals surface area contributed by atoms with Crippen LogP contribution in [0.3, 0.4) is 0 Å². The van der Waals surface area contributed by atoms with Crippen molar-refractivity contribution in [3.63, 3.8) is 0 Å². The number of nitrogens with one attached hydrogen (secondary N) is 1. The Hall–Kier alpha value is -1.92. The molecule has 0 aliphatic rings. The Morgan fingerprint density at radius 3 is 2.55 bits per heavy atom. The van der Waals surface area contributed by atoms with Gasteiger partial charge >= 0.3 is 5.69 Å². The number of hydrogen-bond donors (Lipinski definition) is 1. The summed E-state index contributed by atoms with van der Waals surface area (Å²) in [6, 6.07) is 0. The zero-order valence-electron chi connectivity index (χ0n) is 12.8. The van der Waals surface area contributed by atoms with Gasteiger partial charge in [0.15, 0.2) is 0 Å². The number of aryl methyl sites for hydroxylation is 1. The maximum atomic E-state index is 11.2. The van der Waals surface area contributed by atoms with Crippen LogP contribution in [0, 0.1) is 23.0 Å². The lowest BCUT2D eigenvalue weighted by Crippen LogP contribution is -2.23. The van der Waals surface area contributed by atoms with Gasteiger partial charge in [0.05, 0.1) is 4.92 Å². The highest BCUT2D eigenvalue weighted by Gasteiger charge is 2.24. The molecule has 0 radical (unpaired) electrons.